The Morgan fingerprint density at radius 2 is 1.75 bits per heavy atom. The van der Waals surface area contributed by atoms with Crippen molar-refractivity contribution >= 4 is 0 Å². The number of ether oxygens (including phenoxy) is 1. The van der Waals surface area contributed by atoms with Crippen molar-refractivity contribution in [3.63, 3.8) is 0 Å². The molecule has 0 radical (unpaired) electrons. The van der Waals surface area contributed by atoms with E-state index < -0.39 is 0 Å². The number of hydrogen-bond donors (Lipinski definition) is 1. The molecule has 0 saturated heterocycles. The van der Waals surface area contributed by atoms with Gasteiger partial charge < -0.3 is 10.1 Å². The topological polar surface area (TPSA) is 21.3 Å². The van der Waals surface area contributed by atoms with E-state index in [1.807, 2.05) is 0 Å². The van der Waals surface area contributed by atoms with Gasteiger partial charge in [0, 0.05) is 6.04 Å². The summed E-state index contributed by atoms with van der Waals surface area (Å²) in [5, 5.41) is 3.50. The molecule has 2 aliphatic carbocycles. The van der Waals surface area contributed by atoms with E-state index in [1.165, 1.54) is 44.9 Å². The molecule has 2 nitrogen and oxygen atoms in total. The van der Waals surface area contributed by atoms with Crippen molar-refractivity contribution in [2.24, 2.45) is 17.3 Å². The zero-order valence-corrected chi connectivity index (χ0v) is 14.2. The molecule has 20 heavy (non-hydrogen) atoms. The standard InChI is InChI=1S/C18H35NO/c1-13-7-6-8-15(11-13)20-17-12-14(18(2,3)4)9-10-16(17)19-5/h13-17,19H,6-12H2,1-5H3. The van der Waals surface area contributed by atoms with Gasteiger partial charge in [0.2, 0.25) is 0 Å². The molecule has 0 aromatic heterocycles. The van der Waals surface area contributed by atoms with Crippen LogP contribution < -0.4 is 5.32 Å². The lowest BCUT2D eigenvalue weighted by Crippen LogP contribution is -2.47. The van der Waals surface area contributed by atoms with E-state index in [2.05, 4.69) is 40.1 Å². The van der Waals surface area contributed by atoms with E-state index in [4.69, 9.17) is 4.74 Å². The predicted molar refractivity (Wildman–Crippen MR) is 85.9 cm³/mol. The summed E-state index contributed by atoms with van der Waals surface area (Å²) in [5.74, 6) is 1.65. The van der Waals surface area contributed by atoms with Crippen molar-refractivity contribution in [2.75, 3.05) is 7.05 Å². The highest BCUT2D eigenvalue weighted by molar-refractivity contribution is 4.90. The quantitative estimate of drug-likeness (QED) is 0.828. The summed E-state index contributed by atoms with van der Waals surface area (Å²) >= 11 is 0. The fraction of sp³-hybridized carbons (Fsp3) is 1.00. The third kappa shape index (κ3) is 4.21. The maximum Gasteiger partial charge on any atom is 0.0734 e. The van der Waals surface area contributed by atoms with Gasteiger partial charge in [-0.25, -0.2) is 0 Å². The van der Waals surface area contributed by atoms with Gasteiger partial charge in [-0.3, -0.25) is 0 Å². The average Bonchev–Trinajstić information content (AvgIpc) is 2.37. The first-order valence-electron chi connectivity index (χ1n) is 8.73. The largest absolute Gasteiger partial charge is 0.373 e. The lowest BCUT2D eigenvalue weighted by molar-refractivity contribution is -0.0842. The Bertz CT molecular complexity index is 296. The fourth-order valence-electron chi connectivity index (χ4n) is 4.15. The van der Waals surface area contributed by atoms with Gasteiger partial charge in [0.05, 0.1) is 12.2 Å². The number of hydrogen-bond acceptors (Lipinski definition) is 2. The molecule has 0 bridgehead atoms. The zero-order valence-electron chi connectivity index (χ0n) is 14.2. The van der Waals surface area contributed by atoms with Gasteiger partial charge in [-0.05, 0) is 56.4 Å². The monoisotopic (exact) mass is 281 g/mol. The third-order valence-electron chi connectivity index (χ3n) is 5.64. The molecule has 2 heteroatoms. The van der Waals surface area contributed by atoms with Crippen molar-refractivity contribution < 1.29 is 4.74 Å². The summed E-state index contributed by atoms with van der Waals surface area (Å²) in [7, 11) is 2.10. The van der Waals surface area contributed by atoms with Crippen molar-refractivity contribution in [1.82, 2.24) is 5.32 Å². The third-order valence-corrected chi connectivity index (χ3v) is 5.64. The second kappa shape index (κ2) is 6.79. The second-order valence-electron chi connectivity index (χ2n) is 8.34. The molecule has 2 rings (SSSR count). The molecule has 0 aliphatic heterocycles. The first-order chi connectivity index (χ1) is 9.40. The lowest BCUT2D eigenvalue weighted by atomic mass is 9.70. The van der Waals surface area contributed by atoms with Gasteiger partial charge in [-0.2, -0.15) is 0 Å². The summed E-state index contributed by atoms with van der Waals surface area (Å²) in [4.78, 5) is 0. The summed E-state index contributed by atoms with van der Waals surface area (Å²) in [5.41, 5.74) is 0.417. The Balaban J connectivity index is 1.94. The highest BCUT2D eigenvalue weighted by atomic mass is 16.5. The lowest BCUT2D eigenvalue weighted by Gasteiger charge is -2.43. The summed E-state index contributed by atoms with van der Waals surface area (Å²) in [6, 6.07) is 0.561. The van der Waals surface area contributed by atoms with Crippen LogP contribution in [0.4, 0.5) is 0 Å². The normalized spacial score (nSPS) is 39.8. The van der Waals surface area contributed by atoms with Crippen LogP contribution in [0.15, 0.2) is 0 Å². The molecule has 2 fully saturated rings. The molecule has 5 atom stereocenters. The van der Waals surface area contributed by atoms with Gasteiger partial charge >= 0.3 is 0 Å². The predicted octanol–water partition coefficient (Wildman–Crippen LogP) is 4.38. The van der Waals surface area contributed by atoms with Crippen LogP contribution in [0.25, 0.3) is 0 Å². The minimum absolute atomic E-state index is 0.417. The van der Waals surface area contributed by atoms with Crippen LogP contribution in [0.2, 0.25) is 0 Å². The minimum atomic E-state index is 0.417. The average molecular weight is 281 g/mol. The molecule has 2 saturated carbocycles. The van der Waals surface area contributed by atoms with Crippen molar-refractivity contribution in [3.8, 4) is 0 Å². The molecule has 118 valence electrons. The SMILES string of the molecule is CNC1CCC(C(C)(C)C)CC1OC1CCCC(C)C1. The Morgan fingerprint density at radius 3 is 2.35 bits per heavy atom. The van der Waals surface area contributed by atoms with Crippen LogP contribution in [0.3, 0.4) is 0 Å². The molecule has 0 amide bonds. The van der Waals surface area contributed by atoms with E-state index in [1.54, 1.807) is 0 Å². The fourth-order valence-corrected chi connectivity index (χ4v) is 4.15. The second-order valence-corrected chi connectivity index (χ2v) is 8.34. The van der Waals surface area contributed by atoms with Crippen LogP contribution in [-0.4, -0.2) is 25.3 Å². The maximum atomic E-state index is 6.57. The highest BCUT2D eigenvalue weighted by Gasteiger charge is 2.37. The molecule has 0 heterocycles. The van der Waals surface area contributed by atoms with Crippen molar-refractivity contribution in [2.45, 2.75) is 90.9 Å². The molecule has 1 N–H and O–H groups in total. The van der Waals surface area contributed by atoms with Gasteiger partial charge in [0.1, 0.15) is 0 Å². The van der Waals surface area contributed by atoms with E-state index in [9.17, 15) is 0 Å². The van der Waals surface area contributed by atoms with E-state index in [0.29, 0.717) is 23.7 Å². The van der Waals surface area contributed by atoms with E-state index in [0.717, 1.165) is 11.8 Å². The first kappa shape index (κ1) is 16.3. The van der Waals surface area contributed by atoms with E-state index >= 15 is 0 Å². The minimum Gasteiger partial charge on any atom is -0.373 e. The molecule has 2 aliphatic rings. The molecule has 0 aromatic rings. The summed E-state index contributed by atoms with van der Waals surface area (Å²) < 4.78 is 6.57. The van der Waals surface area contributed by atoms with Crippen LogP contribution in [0.5, 0.6) is 0 Å². The van der Waals surface area contributed by atoms with Crippen molar-refractivity contribution in [1.29, 1.82) is 0 Å². The highest BCUT2D eigenvalue weighted by Crippen LogP contribution is 2.40. The smallest absolute Gasteiger partial charge is 0.0734 e. The summed E-state index contributed by atoms with van der Waals surface area (Å²) in [6.45, 7) is 9.54. The molecule has 0 spiro atoms. The van der Waals surface area contributed by atoms with Crippen LogP contribution in [0, 0.1) is 17.3 Å². The molecular weight excluding hydrogens is 246 g/mol. The van der Waals surface area contributed by atoms with Crippen LogP contribution in [0.1, 0.15) is 72.6 Å². The van der Waals surface area contributed by atoms with Crippen LogP contribution in [-0.2, 0) is 4.74 Å². The van der Waals surface area contributed by atoms with Gasteiger partial charge in [0.15, 0.2) is 0 Å². The van der Waals surface area contributed by atoms with Gasteiger partial charge in [-0.1, -0.05) is 40.5 Å². The Labute approximate surface area is 126 Å². The first-order valence-corrected chi connectivity index (χ1v) is 8.73. The maximum absolute atomic E-state index is 6.57. The molecule has 0 aromatic carbocycles. The Hall–Kier alpha value is -0.0800. The molecular formula is C18H35NO. The van der Waals surface area contributed by atoms with E-state index in [-0.39, 0.29) is 0 Å². The zero-order chi connectivity index (χ0) is 14.8. The Morgan fingerprint density at radius 1 is 1.00 bits per heavy atom. The van der Waals surface area contributed by atoms with Gasteiger partial charge in [-0.15, -0.1) is 0 Å². The van der Waals surface area contributed by atoms with Crippen LogP contribution >= 0.6 is 0 Å². The molecule has 5 unspecified atom stereocenters. The number of likely N-dealkylation sites (N-methyl/N-ethyl adjacent to an activating group) is 1. The number of rotatable bonds is 3. The Kier molecular flexibility index (Phi) is 5.53. The van der Waals surface area contributed by atoms with Gasteiger partial charge in [0.25, 0.3) is 0 Å². The van der Waals surface area contributed by atoms with Crippen molar-refractivity contribution in [3.05, 3.63) is 0 Å². The summed E-state index contributed by atoms with van der Waals surface area (Å²) in [6.07, 6.45) is 10.1. The number of nitrogens with one attached hydrogen (secondary N) is 1.